The minimum atomic E-state index is -4.34. The molecular weight excluding hydrogens is 323 g/mol. The van der Waals surface area contributed by atoms with E-state index in [-0.39, 0.29) is 11.3 Å². The highest BCUT2D eigenvalue weighted by molar-refractivity contribution is 5.92. The molecule has 0 amide bonds. The van der Waals surface area contributed by atoms with Crippen molar-refractivity contribution in [3.8, 4) is 5.75 Å². The van der Waals surface area contributed by atoms with Crippen molar-refractivity contribution in [1.29, 1.82) is 0 Å². The maximum Gasteiger partial charge on any atom is 0.416 e. The van der Waals surface area contributed by atoms with Crippen LogP contribution in [0.5, 0.6) is 5.75 Å². The van der Waals surface area contributed by atoms with Crippen molar-refractivity contribution in [2.24, 2.45) is 0 Å². The normalized spacial score (nSPS) is 11.2. The molecule has 0 saturated carbocycles. The Balaban J connectivity index is 1.97. The minimum absolute atomic E-state index is 0.0389. The fourth-order valence-electron chi connectivity index (χ4n) is 2.20. The van der Waals surface area contributed by atoms with Crippen LogP contribution in [0.3, 0.4) is 0 Å². The van der Waals surface area contributed by atoms with Crippen LogP contribution in [0.1, 0.15) is 21.5 Å². The number of halogens is 3. The highest BCUT2D eigenvalue weighted by Crippen LogP contribution is 2.29. The van der Waals surface area contributed by atoms with E-state index in [2.05, 4.69) is 5.32 Å². The van der Waals surface area contributed by atoms with Crippen molar-refractivity contribution in [2.75, 3.05) is 19.0 Å². The monoisotopic (exact) mass is 339 g/mol. The van der Waals surface area contributed by atoms with Gasteiger partial charge in [0.15, 0.2) is 0 Å². The number of nitrogens with one attached hydrogen (secondary N) is 1. The van der Waals surface area contributed by atoms with E-state index >= 15 is 0 Å². The van der Waals surface area contributed by atoms with Crippen molar-refractivity contribution in [2.45, 2.75) is 12.6 Å². The molecule has 0 heterocycles. The largest absolute Gasteiger partial charge is 0.496 e. The summed E-state index contributed by atoms with van der Waals surface area (Å²) < 4.78 is 42.4. The first kappa shape index (κ1) is 17.7. The number of carbonyl (C=O) groups is 1. The predicted molar refractivity (Wildman–Crippen MR) is 83.6 cm³/mol. The number of aromatic carboxylic acids is 1. The SMILES string of the molecule is COc1ccc(NCCc2ccc(C(F)(F)F)cc2)cc1C(=O)O. The molecule has 0 aliphatic carbocycles. The zero-order valence-corrected chi connectivity index (χ0v) is 12.9. The summed E-state index contributed by atoms with van der Waals surface area (Å²) in [5.74, 6) is -0.839. The van der Waals surface area contributed by atoms with Crippen LogP contribution in [-0.2, 0) is 12.6 Å². The van der Waals surface area contributed by atoms with Gasteiger partial charge in [0.25, 0.3) is 0 Å². The smallest absolute Gasteiger partial charge is 0.416 e. The Morgan fingerprint density at radius 3 is 2.38 bits per heavy atom. The molecule has 0 radical (unpaired) electrons. The molecule has 7 heteroatoms. The Labute approximate surface area is 136 Å². The van der Waals surface area contributed by atoms with Crippen molar-refractivity contribution in [1.82, 2.24) is 0 Å². The summed E-state index contributed by atoms with van der Waals surface area (Å²) in [5, 5.41) is 12.2. The summed E-state index contributed by atoms with van der Waals surface area (Å²) in [5.41, 5.74) is 0.708. The third kappa shape index (κ3) is 4.41. The molecule has 0 saturated heterocycles. The zero-order chi connectivity index (χ0) is 17.7. The number of methoxy groups -OCH3 is 1. The minimum Gasteiger partial charge on any atom is -0.496 e. The van der Waals surface area contributed by atoms with E-state index in [1.54, 1.807) is 12.1 Å². The van der Waals surface area contributed by atoms with Crippen LogP contribution >= 0.6 is 0 Å². The Kier molecular flexibility index (Phi) is 5.33. The number of carboxylic acid groups (broad SMARTS) is 1. The number of hydrogen-bond acceptors (Lipinski definition) is 3. The lowest BCUT2D eigenvalue weighted by Crippen LogP contribution is -2.08. The van der Waals surface area contributed by atoms with E-state index in [1.165, 1.54) is 25.3 Å². The molecule has 2 N–H and O–H groups in total. The molecule has 0 atom stereocenters. The van der Waals surface area contributed by atoms with Crippen molar-refractivity contribution in [3.63, 3.8) is 0 Å². The van der Waals surface area contributed by atoms with Crippen molar-refractivity contribution >= 4 is 11.7 Å². The molecule has 24 heavy (non-hydrogen) atoms. The number of anilines is 1. The van der Waals surface area contributed by atoms with Gasteiger partial charge in [0.05, 0.1) is 12.7 Å². The van der Waals surface area contributed by atoms with Gasteiger partial charge in [0.1, 0.15) is 11.3 Å². The zero-order valence-electron chi connectivity index (χ0n) is 12.9. The number of ether oxygens (including phenoxy) is 1. The fraction of sp³-hybridized carbons (Fsp3) is 0.235. The molecule has 128 valence electrons. The molecule has 0 aliphatic heterocycles. The first-order valence-electron chi connectivity index (χ1n) is 7.12. The van der Waals surface area contributed by atoms with Crippen LogP contribution in [0.4, 0.5) is 18.9 Å². The average molecular weight is 339 g/mol. The van der Waals surface area contributed by atoms with Crippen LogP contribution in [-0.4, -0.2) is 24.7 Å². The van der Waals surface area contributed by atoms with E-state index < -0.39 is 17.7 Å². The third-order valence-corrected chi connectivity index (χ3v) is 3.45. The van der Waals surface area contributed by atoms with Crippen LogP contribution < -0.4 is 10.1 Å². The number of benzene rings is 2. The van der Waals surface area contributed by atoms with Gasteiger partial charge in [-0.25, -0.2) is 4.79 Å². The second-order valence-corrected chi connectivity index (χ2v) is 5.09. The Morgan fingerprint density at radius 2 is 1.83 bits per heavy atom. The molecule has 0 unspecified atom stereocenters. The van der Waals surface area contributed by atoms with Crippen LogP contribution in [0.25, 0.3) is 0 Å². The predicted octanol–water partition coefficient (Wildman–Crippen LogP) is 4.07. The summed E-state index contributed by atoms with van der Waals surface area (Å²) >= 11 is 0. The highest BCUT2D eigenvalue weighted by Gasteiger charge is 2.29. The molecule has 0 aliphatic rings. The van der Waals surface area contributed by atoms with Gasteiger partial charge in [-0.15, -0.1) is 0 Å². The van der Waals surface area contributed by atoms with Gasteiger partial charge >= 0.3 is 12.1 Å². The lowest BCUT2D eigenvalue weighted by molar-refractivity contribution is -0.137. The highest BCUT2D eigenvalue weighted by atomic mass is 19.4. The quantitative estimate of drug-likeness (QED) is 0.833. The third-order valence-electron chi connectivity index (χ3n) is 3.45. The van der Waals surface area contributed by atoms with Gasteiger partial charge in [-0.05, 0) is 42.3 Å². The molecule has 0 aromatic heterocycles. The second-order valence-electron chi connectivity index (χ2n) is 5.09. The summed E-state index contributed by atoms with van der Waals surface area (Å²) in [7, 11) is 1.39. The lowest BCUT2D eigenvalue weighted by Gasteiger charge is -2.11. The van der Waals surface area contributed by atoms with Crippen LogP contribution in [0.2, 0.25) is 0 Å². The van der Waals surface area contributed by atoms with E-state index in [9.17, 15) is 18.0 Å². The summed E-state index contributed by atoms with van der Waals surface area (Å²) in [6, 6.07) is 9.63. The maximum atomic E-state index is 12.5. The van der Waals surface area contributed by atoms with Crippen LogP contribution in [0, 0.1) is 0 Å². The van der Waals surface area contributed by atoms with Gasteiger partial charge in [0.2, 0.25) is 0 Å². The van der Waals surface area contributed by atoms with Gasteiger partial charge in [-0.2, -0.15) is 13.2 Å². The summed E-state index contributed by atoms with van der Waals surface area (Å²) in [6.45, 7) is 0.455. The molecule has 0 spiro atoms. The molecule has 4 nitrogen and oxygen atoms in total. The fourth-order valence-corrected chi connectivity index (χ4v) is 2.20. The first-order chi connectivity index (χ1) is 11.3. The van der Waals surface area contributed by atoms with Gasteiger partial charge < -0.3 is 15.2 Å². The first-order valence-corrected chi connectivity index (χ1v) is 7.12. The molecule has 2 rings (SSSR count). The van der Waals surface area contributed by atoms with Crippen LogP contribution in [0.15, 0.2) is 42.5 Å². The maximum absolute atomic E-state index is 12.5. The number of carboxylic acids is 1. The van der Waals surface area contributed by atoms with Crippen molar-refractivity contribution < 1.29 is 27.8 Å². The van der Waals surface area contributed by atoms with E-state index in [4.69, 9.17) is 9.84 Å². The summed E-state index contributed by atoms with van der Waals surface area (Å²) in [4.78, 5) is 11.1. The van der Waals surface area contributed by atoms with E-state index in [1.807, 2.05) is 0 Å². The lowest BCUT2D eigenvalue weighted by atomic mass is 10.1. The van der Waals surface area contributed by atoms with E-state index in [0.29, 0.717) is 18.7 Å². The van der Waals surface area contributed by atoms with Gasteiger partial charge in [-0.1, -0.05) is 12.1 Å². The molecule has 2 aromatic rings. The van der Waals surface area contributed by atoms with E-state index in [0.717, 1.165) is 17.7 Å². The Hall–Kier alpha value is -2.70. The topological polar surface area (TPSA) is 58.6 Å². The second kappa shape index (κ2) is 7.25. The number of hydrogen-bond donors (Lipinski definition) is 2. The average Bonchev–Trinajstić information content (AvgIpc) is 2.54. The number of rotatable bonds is 6. The van der Waals surface area contributed by atoms with Gasteiger partial charge in [0, 0.05) is 12.2 Å². The number of alkyl halides is 3. The molecule has 0 fully saturated rings. The Bertz CT molecular complexity index is 712. The van der Waals surface area contributed by atoms with Gasteiger partial charge in [-0.3, -0.25) is 0 Å². The van der Waals surface area contributed by atoms with Crippen molar-refractivity contribution in [3.05, 3.63) is 59.2 Å². The molecule has 2 aromatic carbocycles. The Morgan fingerprint density at radius 1 is 1.17 bits per heavy atom. The molecule has 0 bridgehead atoms. The summed E-state index contributed by atoms with van der Waals surface area (Å²) in [6.07, 6.45) is -3.83. The standard InChI is InChI=1S/C17H16F3NO3/c1-24-15-7-6-13(10-14(15)16(22)23)21-9-8-11-2-4-12(5-3-11)17(18,19)20/h2-7,10,21H,8-9H2,1H3,(H,22,23). The molecular formula is C17H16F3NO3.